The molecule has 116 valence electrons. The topological polar surface area (TPSA) is 96.2 Å². The van der Waals surface area contributed by atoms with Crippen LogP contribution in [0.5, 0.6) is 0 Å². The molecule has 0 aliphatic carbocycles. The maximum Gasteiger partial charge on any atom is 0.253 e. The summed E-state index contributed by atoms with van der Waals surface area (Å²) in [6.07, 6.45) is 1.14. The molecular formula is C15H24N4O2. The van der Waals surface area contributed by atoms with Crippen molar-refractivity contribution in [1.29, 1.82) is 0 Å². The summed E-state index contributed by atoms with van der Waals surface area (Å²) in [6, 6.07) is 5.49. The standard InChI is InChI=1S/C15H24N4O2/c1-4-11(3)18-14(20)7-8-17-15(21)12-6-5-10(2)9-13(12)19-16/h5-6,9,11,19H,4,7-8,16H2,1-3H3,(H,17,21)(H,18,20). The van der Waals surface area contributed by atoms with Crippen molar-refractivity contribution in [3.63, 3.8) is 0 Å². The van der Waals surface area contributed by atoms with E-state index in [1.807, 2.05) is 26.8 Å². The van der Waals surface area contributed by atoms with Gasteiger partial charge in [0.1, 0.15) is 0 Å². The highest BCUT2D eigenvalue weighted by Crippen LogP contribution is 2.16. The van der Waals surface area contributed by atoms with E-state index in [0.717, 1.165) is 12.0 Å². The predicted molar refractivity (Wildman–Crippen MR) is 83.8 cm³/mol. The van der Waals surface area contributed by atoms with Gasteiger partial charge in [-0.3, -0.25) is 15.4 Å². The summed E-state index contributed by atoms with van der Waals surface area (Å²) in [6.45, 7) is 6.16. The van der Waals surface area contributed by atoms with Gasteiger partial charge in [-0.2, -0.15) is 0 Å². The Morgan fingerprint density at radius 3 is 2.67 bits per heavy atom. The molecule has 1 unspecified atom stereocenters. The summed E-state index contributed by atoms with van der Waals surface area (Å²) in [5.74, 6) is 5.10. The summed E-state index contributed by atoms with van der Waals surface area (Å²) in [5.41, 5.74) is 4.55. The fourth-order valence-electron chi connectivity index (χ4n) is 1.81. The molecule has 0 aliphatic heterocycles. The quantitative estimate of drug-likeness (QED) is 0.450. The van der Waals surface area contributed by atoms with Gasteiger partial charge in [-0.15, -0.1) is 0 Å². The number of hydrogen-bond acceptors (Lipinski definition) is 4. The van der Waals surface area contributed by atoms with Crippen LogP contribution in [0.25, 0.3) is 0 Å². The molecule has 6 heteroatoms. The summed E-state index contributed by atoms with van der Waals surface area (Å²) >= 11 is 0. The van der Waals surface area contributed by atoms with Gasteiger partial charge in [-0.25, -0.2) is 0 Å². The zero-order valence-electron chi connectivity index (χ0n) is 12.8. The number of nitrogen functional groups attached to an aromatic ring is 1. The molecule has 6 nitrogen and oxygen atoms in total. The number of anilines is 1. The number of carbonyl (C=O) groups excluding carboxylic acids is 2. The SMILES string of the molecule is CCC(C)NC(=O)CCNC(=O)c1ccc(C)cc1NN. The minimum Gasteiger partial charge on any atom is -0.354 e. The van der Waals surface area contributed by atoms with Gasteiger partial charge in [0.05, 0.1) is 11.3 Å². The van der Waals surface area contributed by atoms with E-state index in [1.54, 1.807) is 12.1 Å². The lowest BCUT2D eigenvalue weighted by Gasteiger charge is -2.12. The molecule has 0 saturated carbocycles. The van der Waals surface area contributed by atoms with Gasteiger partial charge in [0.25, 0.3) is 5.91 Å². The monoisotopic (exact) mass is 292 g/mol. The lowest BCUT2D eigenvalue weighted by Crippen LogP contribution is -2.35. The molecular weight excluding hydrogens is 268 g/mol. The van der Waals surface area contributed by atoms with Crippen molar-refractivity contribution in [3.8, 4) is 0 Å². The summed E-state index contributed by atoms with van der Waals surface area (Å²) in [7, 11) is 0. The van der Waals surface area contributed by atoms with Gasteiger partial charge in [0.2, 0.25) is 5.91 Å². The Morgan fingerprint density at radius 2 is 2.05 bits per heavy atom. The van der Waals surface area contributed by atoms with Crippen molar-refractivity contribution < 1.29 is 9.59 Å². The zero-order valence-corrected chi connectivity index (χ0v) is 12.8. The van der Waals surface area contributed by atoms with Gasteiger partial charge < -0.3 is 16.1 Å². The van der Waals surface area contributed by atoms with Crippen molar-refractivity contribution in [2.24, 2.45) is 5.84 Å². The van der Waals surface area contributed by atoms with Gasteiger partial charge in [-0.1, -0.05) is 13.0 Å². The minimum absolute atomic E-state index is 0.0641. The summed E-state index contributed by atoms with van der Waals surface area (Å²) < 4.78 is 0. The molecule has 1 aromatic rings. The molecule has 0 aliphatic rings. The van der Waals surface area contributed by atoms with Crippen LogP contribution in [0, 0.1) is 6.92 Å². The van der Waals surface area contributed by atoms with Crippen LogP contribution in [0.2, 0.25) is 0 Å². The van der Waals surface area contributed by atoms with Crippen LogP contribution in [-0.4, -0.2) is 24.4 Å². The van der Waals surface area contributed by atoms with Gasteiger partial charge in [0.15, 0.2) is 0 Å². The van der Waals surface area contributed by atoms with Gasteiger partial charge in [-0.05, 0) is 38.0 Å². The number of hydrogen-bond donors (Lipinski definition) is 4. The highest BCUT2D eigenvalue weighted by Gasteiger charge is 2.11. The average molecular weight is 292 g/mol. The van der Waals surface area contributed by atoms with E-state index >= 15 is 0 Å². The number of benzene rings is 1. The predicted octanol–water partition coefficient (Wildman–Crippen LogP) is 1.32. The Labute approximate surface area is 125 Å². The van der Waals surface area contributed by atoms with E-state index in [0.29, 0.717) is 17.8 Å². The van der Waals surface area contributed by atoms with E-state index < -0.39 is 0 Å². The lowest BCUT2D eigenvalue weighted by atomic mass is 10.1. The second kappa shape index (κ2) is 8.26. The smallest absolute Gasteiger partial charge is 0.253 e. The maximum absolute atomic E-state index is 12.1. The molecule has 0 radical (unpaired) electrons. The first kappa shape index (κ1) is 17.0. The Hall–Kier alpha value is -2.08. The summed E-state index contributed by atoms with van der Waals surface area (Å²) in [4.78, 5) is 23.7. The van der Waals surface area contributed by atoms with Gasteiger partial charge >= 0.3 is 0 Å². The fraction of sp³-hybridized carbons (Fsp3) is 0.467. The number of hydrazine groups is 1. The summed E-state index contributed by atoms with van der Waals surface area (Å²) in [5, 5.41) is 5.57. The number of nitrogens with one attached hydrogen (secondary N) is 3. The largest absolute Gasteiger partial charge is 0.354 e. The number of carbonyl (C=O) groups is 2. The van der Waals surface area contributed by atoms with Crippen LogP contribution in [0.15, 0.2) is 18.2 Å². The normalized spacial score (nSPS) is 11.6. The molecule has 0 saturated heterocycles. The van der Waals surface area contributed by atoms with Crippen molar-refractivity contribution in [2.45, 2.75) is 39.7 Å². The van der Waals surface area contributed by atoms with Crippen LogP contribution in [-0.2, 0) is 4.79 Å². The first-order valence-electron chi connectivity index (χ1n) is 7.12. The fourth-order valence-corrected chi connectivity index (χ4v) is 1.81. The van der Waals surface area contributed by atoms with Crippen molar-refractivity contribution in [2.75, 3.05) is 12.0 Å². The number of nitrogens with two attached hydrogens (primary N) is 1. The van der Waals surface area contributed by atoms with E-state index in [-0.39, 0.29) is 24.3 Å². The third-order valence-electron chi connectivity index (χ3n) is 3.23. The number of aryl methyl sites for hydroxylation is 1. The van der Waals surface area contributed by atoms with Crippen molar-refractivity contribution >= 4 is 17.5 Å². The molecule has 0 aromatic heterocycles. The molecule has 0 heterocycles. The second-order valence-electron chi connectivity index (χ2n) is 5.08. The highest BCUT2D eigenvalue weighted by atomic mass is 16.2. The Bertz CT molecular complexity index is 502. The average Bonchev–Trinajstić information content (AvgIpc) is 2.46. The van der Waals surface area contributed by atoms with Gasteiger partial charge in [0, 0.05) is 19.0 Å². The minimum atomic E-state index is -0.251. The molecule has 0 spiro atoms. The second-order valence-corrected chi connectivity index (χ2v) is 5.08. The Morgan fingerprint density at radius 1 is 1.33 bits per heavy atom. The number of amides is 2. The molecule has 1 aromatic carbocycles. The Kier molecular flexibility index (Phi) is 6.68. The highest BCUT2D eigenvalue weighted by molar-refractivity contribution is 5.99. The molecule has 0 fully saturated rings. The van der Waals surface area contributed by atoms with E-state index in [4.69, 9.17) is 5.84 Å². The lowest BCUT2D eigenvalue weighted by molar-refractivity contribution is -0.121. The van der Waals surface area contributed by atoms with Crippen LogP contribution in [0.4, 0.5) is 5.69 Å². The molecule has 0 bridgehead atoms. The van der Waals surface area contributed by atoms with E-state index in [1.165, 1.54) is 0 Å². The molecule has 21 heavy (non-hydrogen) atoms. The maximum atomic E-state index is 12.1. The third kappa shape index (κ3) is 5.43. The number of rotatable bonds is 7. The van der Waals surface area contributed by atoms with Crippen LogP contribution in [0.3, 0.4) is 0 Å². The van der Waals surface area contributed by atoms with Crippen LogP contribution in [0.1, 0.15) is 42.6 Å². The van der Waals surface area contributed by atoms with Crippen LogP contribution >= 0.6 is 0 Å². The third-order valence-corrected chi connectivity index (χ3v) is 3.23. The molecule has 1 atom stereocenters. The van der Waals surface area contributed by atoms with E-state index in [2.05, 4.69) is 16.1 Å². The van der Waals surface area contributed by atoms with Crippen molar-refractivity contribution in [1.82, 2.24) is 10.6 Å². The Balaban J connectivity index is 2.49. The first-order valence-corrected chi connectivity index (χ1v) is 7.12. The van der Waals surface area contributed by atoms with E-state index in [9.17, 15) is 9.59 Å². The molecule has 5 N–H and O–H groups in total. The molecule has 1 rings (SSSR count). The van der Waals surface area contributed by atoms with Crippen molar-refractivity contribution in [3.05, 3.63) is 29.3 Å². The molecule has 2 amide bonds. The van der Waals surface area contributed by atoms with Crippen LogP contribution < -0.4 is 21.9 Å². The zero-order chi connectivity index (χ0) is 15.8. The first-order chi connectivity index (χ1) is 9.97.